The van der Waals surface area contributed by atoms with E-state index in [0.717, 1.165) is 30.0 Å². The Bertz CT molecular complexity index is 1620. The Balaban J connectivity index is 1.65. The van der Waals surface area contributed by atoms with Gasteiger partial charge in [-0.1, -0.05) is 12.8 Å². The zero-order chi connectivity index (χ0) is 29.5. The third-order valence-electron chi connectivity index (χ3n) is 7.46. The van der Waals surface area contributed by atoms with Gasteiger partial charge in [0.1, 0.15) is 16.5 Å². The van der Waals surface area contributed by atoms with Crippen LogP contribution in [0.5, 0.6) is 0 Å². The number of carbonyl (C=O) groups excluding carboxylic acids is 1. The van der Waals surface area contributed by atoms with Gasteiger partial charge in [0, 0.05) is 18.9 Å². The van der Waals surface area contributed by atoms with Crippen molar-refractivity contribution in [1.29, 1.82) is 5.26 Å². The molecule has 0 aliphatic heterocycles. The predicted octanol–water partition coefficient (Wildman–Crippen LogP) is 4.39. The Morgan fingerprint density at radius 3 is 2.38 bits per heavy atom. The van der Waals surface area contributed by atoms with Gasteiger partial charge < -0.3 is 15.0 Å². The molecule has 12 heteroatoms. The molecule has 0 bridgehead atoms. The Kier molecular flexibility index (Phi) is 7.60. The average molecular weight is 569 g/mol. The lowest BCUT2D eigenvalue weighted by Crippen LogP contribution is -2.52. The lowest BCUT2D eigenvalue weighted by molar-refractivity contribution is -0.164. The van der Waals surface area contributed by atoms with E-state index in [4.69, 9.17) is 9.84 Å². The van der Waals surface area contributed by atoms with Gasteiger partial charge in [0.05, 0.1) is 28.4 Å². The number of likely N-dealkylation sites (N-methyl/N-ethyl adjacent to an activating group) is 1. The normalized spacial score (nSPS) is 15.8. The predicted molar refractivity (Wildman–Crippen MR) is 152 cm³/mol. The van der Waals surface area contributed by atoms with E-state index in [1.807, 2.05) is 4.68 Å². The molecule has 1 aliphatic carbocycles. The molecule has 11 nitrogen and oxygen atoms in total. The van der Waals surface area contributed by atoms with Crippen molar-refractivity contribution in [3.8, 4) is 6.07 Å². The molecular weight excluding hydrogens is 532 g/mol. The van der Waals surface area contributed by atoms with E-state index in [0.29, 0.717) is 22.4 Å². The lowest BCUT2D eigenvalue weighted by Gasteiger charge is -2.34. The van der Waals surface area contributed by atoms with E-state index in [9.17, 15) is 23.3 Å². The van der Waals surface area contributed by atoms with E-state index in [-0.39, 0.29) is 16.9 Å². The fraction of sp³-hybridized carbons (Fsp3) is 0.500. The highest BCUT2D eigenvalue weighted by Crippen LogP contribution is 2.41. The van der Waals surface area contributed by atoms with Gasteiger partial charge in [-0.15, -0.1) is 0 Å². The number of benzene rings is 1. The summed E-state index contributed by atoms with van der Waals surface area (Å²) in [4.78, 5) is 28.3. The highest BCUT2D eigenvalue weighted by atomic mass is 32.2. The van der Waals surface area contributed by atoms with Gasteiger partial charge in [-0.2, -0.15) is 14.7 Å². The van der Waals surface area contributed by atoms with Crippen molar-refractivity contribution in [2.24, 2.45) is 0 Å². The Morgan fingerprint density at radius 2 is 1.80 bits per heavy atom. The molecule has 0 unspecified atom stereocenters. The summed E-state index contributed by atoms with van der Waals surface area (Å²) in [6, 6.07) is 10.1. The number of hydrogen-bond donors (Lipinski definition) is 2. The number of nitrogens with one attached hydrogen (secondary N) is 2. The molecule has 2 aromatic heterocycles. The summed E-state index contributed by atoms with van der Waals surface area (Å²) in [6.45, 7) is 8.16. The molecule has 0 saturated heterocycles. The van der Waals surface area contributed by atoms with E-state index < -0.39 is 32.7 Å². The van der Waals surface area contributed by atoms with Crippen LogP contribution in [0.25, 0.3) is 10.9 Å². The summed E-state index contributed by atoms with van der Waals surface area (Å²) in [5.74, 6) is -0.340. The summed E-state index contributed by atoms with van der Waals surface area (Å²) in [6.07, 6.45) is 5.40. The number of nitrogens with zero attached hydrogens (tertiary/aromatic N) is 4. The molecule has 0 amide bonds. The van der Waals surface area contributed by atoms with E-state index in [1.165, 1.54) is 33.0 Å². The van der Waals surface area contributed by atoms with Crippen LogP contribution in [0.4, 0.5) is 11.5 Å². The fourth-order valence-corrected chi connectivity index (χ4v) is 6.48. The third kappa shape index (κ3) is 5.36. The van der Waals surface area contributed by atoms with Gasteiger partial charge in [0.25, 0.3) is 5.56 Å². The number of esters is 1. The standard InChI is InChI=1S/C28H36N6O5S/c1-26(2,3)39-25(36)27(4,5)33(6)40(37,38)20-11-9-19(10-12-20)31-23-22-21(13-18-30-24(22)35)34(32-23)28(16-17-29)14-7-8-15-28/h9-13,18H,7-8,14-16H2,1-6H3,(H,30,35)(H,31,32). The van der Waals surface area contributed by atoms with Crippen LogP contribution in [-0.2, 0) is 25.1 Å². The van der Waals surface area contributed by atoms with E-state index in [1.54, 1.807) is 45.2 Å². The molecule has 0 radical (unpaired) electrons. The van der Waals surface area contributed by atoms with Crippen LogP contribution in [0.2, 0.25) is 0 Å². The summed E-state index contributed by atoms with van der Waals surface area (Å²) in [7, 11) is -2.71. The highest BCUT2D eigenvalue weighted by Gasteiger charge is 2.43. The molecule has 214 valence electrons. The Hall–Kier alpha value is -3.69. The molecule has 40 heavy (non-hydrogen) atoms. The number of fused-ring (bicyclic) bond motifs is 1. The second kappa shape index (κ2) is 10.4. The quantitative estimate of drug-likeness (QED) is 0.380. The van der Waals surface area contributed by atoms with Crippen LogP contribution >= 0.6 is 0 Å². The van der Waals surface area contributed by atoms with Crippen LogP contribution in [0.15, 0.2) is 46.2 Å². The summed E-state index contributed by atoms with van der Waals surface area (Å²) >= 11 is 0. The molecule has 0 atom stereocenters. The van der Waals surface area contributed by atoms with Gasteiger partial charge in [0.2, 0.25) is 10.0 Å². The molecule has 1 saturated carbocycles. The third-order valence-corrected chi connectivity index (χ3v) is 9.50. The molecule has 1 aromatic carbocycles. The van der Waals surface area contributed by atoms with Crippen LogP contribution in [0.3, 0.4) is 0 Å². The van der Waals surface area contributed by atoms with Crippen molar-refractivity contribution in [3.05, 3.63) is 46.9 Å². The lowest BCUT2D eigenvalue weighted by atomic mass is 9.94. The van der Waals surface area contributed by atoms with Crippen molar-refractivity contribution >= 4 is 38.4 Å². The molecule has 1 aliphatic rings. The van der Waals surface area contributed by atoms with Gasteiger partial charge in [0.15, 0.2) is 5.82 Å². The number of carbonyl (C=O) groups is 1. The number of anilines is 2. The number of aromatic nitrogens is 3. The summed E-state index contributed by atoms with van der Waals surface area (Å²) in [5.41, 5.74) is -1.87. The zero-order valence-electron chi connectivity index (χ0n) is 23.7. The number of rotatable bonds is 8. The largest absolute Gasteiger partial charge is 0.459 e. The van der Waals surface area contributed by atoms with Gasteiger partial charge >= 0.3 is 5.97 Å². The molecular formula is C28H36N6O5S. The first-order chi connectivity index (χ1) is 18.6. The van der Waals surface area contributed by atoms with Crippen LogP contribution in [0.1, 0.15) is 66.7 Å². The number of sulfonamides is 1. The molecule has 0 spiro atoms. The van der Waals surface area contributed by atoms with Crippen LogP contribution < -0.4 is 10.9 Å². The van der Waals surface area contributed by atoms with Gasteiger partial charge in [-0.05, 0) is 77.8 Å². The van der Waals surface area contributed by atoms with Crippen molar-refractivity contribution in [3.63, 3.8) is 0 Å². The van der Waals surface area contributed by atoms with Gasteiger partial charge in [-0.3, -0.25) is 14.3 Å². The second-order valence-corrected chi connectivity index (χ2v) is 13.7. The SMILES string of the molecule is CN(C(C)(C)C(=O)OC(C)(C)C)S(=O)(=O)c1ccc(Nc2nn(C3(CC#N)CCCC3)c3cc[nH]c(=O)c23)cc1. The van der Waals surface area contributed by atoms with E-state index >= 15 is 0 Å². The monoisotopic (exact) mass is 568 g/mol. The topological polar surface area (TPSA) is 150 Å². The molecule has 4 rings (SSSR count). The summed E-state index contributed by atoms with van der Waals surface area (Å²) < 4.78 is 35.0. The number of ether oxygens (including phenoxy) is 1. The van der Waals surface area contributed by atoms with Crippen molar-refractivity contribution < 1.29 is 17.9 Å². The van der Waals surface area contributed by atoms with Crippen molar-refractivity contribution in [1.82, 2.24) is 19.1 Å². The maximum absolute atomic E-state index is 13.4. The van der Waals surface area contributed by atoms with Crippen molar-refractivity contribution in [2.45, 2.75) is 88.3 Å². The first-order valence-corrected chi connectivity index (χ1v) is 14.6. The average Bonchev–Trinajstić information content (AvgIpc) is 3.49. The Morgan fingerprint density at radius 1 is 1.18 bits per heavy atom. The number of nitriles is 1. The summed E-state index contributed by atoms with van der Waals surface area (Å²) in [5, 5.41) is 17.8. The molecule has 2 N–H and O–H groups in total. The number of H-pyrrole nitrogens is 1. The van der Waals surface area contributed by atoms with Crippen LogP contribution in [-0.4, -0.2) is 51.6 Å². The molecule has 1 fully saturated rings. The minimum absolute atomic E-state index is 0.00986. The number of hydrogen-bond acceptors (Lipinski definition) is 8. The number of pyridine rings is 1. The highest BCUT2D eigenvalue weighted by molar-refractivity contribution is 7.89. The zero-order valence-corrected chi connectivity index (χ0v) is 24.6. The first-order valence-electron chi connectivity index (χ1n) is 13.2. The minimum Gasteiger partial charge on any atom is -0.459 e. The molecule has 2 heterocycles. The number of aromatic amines is 1. The first kappa shape index (κ1) is 29.3. The van der Waals surface area contributed by atoms with E-state index in [2.05, 4.69) is 16.4 Å². The van der Waals surface area contributed by atoms with Crippen molar-refractivity contribution in [2.75, 3.05) is 12.4 Å². The molecule has 3 aromatic rings. The minimum atomic E-state index is -4.05. The van der Waals surface area contributed by atoms with Gasteiger partial charge in [-0.25, -0.2) is 8.42 Å². The van der Waals surface area contributed by atoms with Crippen LogP contribution in [0, 0.1) is 11.3 Å². The maximum atomic E-state index is 13.4. The second-order valence-electron chi connectivity index (χ2n) is 11.8. The fourth-order valence-electron chi connectivity index (χ4n) is 5.01. The smallest absolute Gasteiger partial charge is 0.327 e. The maximum Gasteiger partial charge on any atom is 0.327 e. The Labute approximate surface area is 234 Å².